The molecule has 0 aliphatic carbocycles. The molecule has 4 aromatic rings. The topological polar surface area (TPSA) is 49.3 Å². The Morgan fingerprint density at radius 3 is 2.47 bits per heavy atom. The SMILES string of the molecule is O=C(c1ccc2ccccc2n1)N1CCN(Cc2nc(-c3ccccc3)cs2)CC1. The van der Waals surface area contributed by atoms with E-state index < -0.39 is 0 Å². The molecule has 1 saturated heterocycles. The lowest BCUT2D eigenvalue weighted by atomic mass is 10.2. The minimum atomic E-state index is 0.0148. The molecule has 30 heavy (non-hydrogen) atoms. The molecule has 0 N–H and O–H groups in total. The number of para-hydroxylation sites is 1. The van der Waals surface area contributed by atoms with Crippen molar-refractivity contribution in [3.63, 3.8) is 0 Å². The molecular weight excluding hydrogens is 392 g/mol. The second-order valence-corrected chi connectivity index (χ2v) is 8.39. The maximum atomic E-state index is 12.9. The van der Waals surface area contributed by atoms with Gasteiger partial charge in [0.25, 0.3) is 5.91 Å². The van der Waals surface area contributed by atoms with Crippen molar-refractivity contribution in [2.45, 2.75) is 6.54 Å². The molecule has 1 aliphatic rings. The van der Waals surface area contributed by atoms with E-state index in [1.54, 1.807) is 11.3 Å². The van der Waals surface area contributed by atoms with Gasteiger partial charge in [-0.25, -0.2) is 9.97 Å². The van der Waals surface area contributed by atoms with Crippen LogP contribution in [0.4, 0.5) is 0 Å². The number of hydrogen-bond donors (Lipinski definition) is 0. The molecule has 3 heterocycles. The molecular formula is C24H22N4OS. The maximum Gasteiger partial charge on any atom is 0.272 e. The summed E-state index contributed by atoms with van der Waals surface area (Å²) in [7, 11) is 0. The van der Waals surface area contributed by atoms with Crippen molar-refractivity contribution in [1.82, 2.24) is 19.8 Å². The van der Waals surface area contributed by atoms with E-state index in [1.165, 1.54) is 0 Å². The predicted octanol–water partition coefficient (Wildman–Crippen LogP) is 4.32. The van der Waals surface area contributed by atoms with E-state index >= 15 is 0 Å². The summed E-state index contributed by atoms with van der Waals surface area (Å²) in [4.78, 5) is 26.5. The quantitative estimate of drug-likeness (QED) is 0.499. The van der Waals surface area contributed by atoms with Crippen molar-refractivity contribution in [2.24, 2.45) is 0 Å². The van der Waals surface area contributed by atoms with Crippen LogP contribution in [0.3, 0.4) is 0 Å². The summed E-state index contributed by atoms with van der Waals surface area (Å²) in [6.45, 7) is 3.95. The summed E-state index contributed by atoms with van der Waals surface area (Å²) in [5, 5.41) is 4.29. The predicted molar refractivity (Wildman–Crippen MR) is 120 cm³/mol. The minimum absolute atomic E-state index is 0.0148. The molecule has 0 radical (unpaired) electrons. The first kappa shape index (κ1) is 18.9. The van der Waals surface area contributed by atoms with E-state index in [-0.39, 0.29) is 5.91 Å². The standard InChI is InChI=1S/C24H22N4OS/c29-24(21-11-10-19-8-4-5-9-20(19)25-21)28-14-12-27(13-15-28)16-23-26-22(17-30-23)18-6-2-1-3-7-18/h1-11,17H,12-16H2. The number of aromatic nitrogens is 2. The van der Waals surface area contributed by atoms with Gasteiger partial charge < -0.3 is 4.90 Å². The average Bonchev–Trinajstić information content (AvgIpc) is 3.28. The molecule has 1 fully saturated rings. The Morgan fingerprint density at radius 1 is 0.867 bits per heavy atom. The van der Waals surface area contributed by atoms with E-state index in [0.717, 1.165) is 46.8 Å². The summed E-state index contributed by atoms with van der Waals surface area (Å²) in [6.07, 6.45) is 0. The Balaban J connectivity index is 1.20. The van der Waals surface area contributed by atoms with Gasteiger partial charge in [-0.1, -0.05) is 54.6 Å². The fraction of sp³-hybridized carbons (Fsp3) is 0.208. The van der Waals surface area contributed by atoms with Gasteiger partial charge in [0.05, 0.1) is 17.8 Å². The molecule has 6 heteroatoms. The van der Waals surface area contributed by atoms with Crippen molar-refractivity contribution < 1.29 is 4.79 Å². The minimum Gasteiger partial charge on any atom is -0.335 e. The molecule has 0 unspecified atom stereocenters. The zero-order chi connectivity index (χ0) is 20.3. The van der Waals surface area contributed by atoms with Crippen LogP contribution in [0.5, 0.6) is 0 Å². The third-order valence-corrected chi connectivity index (χ3v) is 6.29. The van der Waals surface area contributed by atoms with Gasteiger partial charge in [0, 0.05) is 42.5 Å². The molecule has 0 atom stereocenters. The number of piperazine rings is 1. The fourth-order valence-corrected chi connectivity index (χ4v) is 4.62. The number of benzene rings is 2. The summed E-state index contributed by atoms with van der Waals surface area (Å²) >= 11 is 1.70. The number of amides is 1. The van der Waals surface area contributed by atoms with E-state index in [9.17, 15) is 4.79 Å². The van der Waals surface area contributed by atoms with Crippen molar-refractivity contribution in [1.29, 1.82) is 0 Å². The summed E-state index contributed by atoms with van der Waals surface area (Å²) in [5.74, 6) is 0.0148. The largest absolute Gasteiger partial charge is 0.335 e. The van der Waals surface area contributed by atoms with Crippen LogP contribution in [0.1, 0.15) is 15.5 Å². The molecule has 5 rings (SSSR count). The molecule has 0 bridgehead atoms. The monoisotopic (exact) mass is 414 g/mol. The lowest BCUT2D eigenvalue weighted by Crippen LogP contribution is -2.48. The summed E-state index contributed by atoms with van der Waals surface area (Å²) < 4.78 is 0. The summed E-state index contributed by atoms with van der Waals surface area (Å²) in [6, 6.07) is 22.0. The molecule has 0 spiro atoms. The van der Waals surface area contributed by atoms with Gasteiger partial charge in [0.1, 0.15) is 10.7 Å². The number of thiazole rings is 1. The number of carbonyl (C=O) groups excluding carboxylic acids is 1. The Morgan fingerprint density at radius 2 is 1.63 bits per heavy atom. The number of carbonyl (C=O) groups is 1. The highest BCUT2D eigenvalue weighted by Crippen LogP contribution is 2.23. The second kappa shape index (κ2) is 8.34. The van der Waals surface area contributed by atoms with Crippen LogP contribution >= 0.6 is 11.3 Å². The van der Waals surface area contributed by atoms with Crippen LogP contribution in [-0.4, -0.2) is 51.9 Å². The van der Waals surface area contributed by atoms with Gasteiger partial charge >= 0.3 is 0 Å². The molecule has 150 valence electrons. The van der Waals surface area contributed by atoms with E-state index in [2.05, 4.69) is 27.4 Å². The Bertz CT molecular complexity index is 1170. The fourth-order valence-electron chi connectivity index (χ4n) is 3.77. The zero-order valence-corrected chi connectivity index (χ0v) is 17.4. The molecule has 2 aromatic heterocycles. The van der Waals surface area contributed by atoms with Crippen LogP contribution in [0.2, 0.25) is 0 Å². The highest BCUT2D eigenvalue weighted by Gasteiger charge is 2.23. The van der Waals surface area contributed by atoms with Crippen molar-refractivity contribution in [3.05, 3.63) is 82.8 Å². The van der Waals surface area contributed by atoms with Crippen molar-refractivity contribution in [3.8, 4) is 11.3 Å². The second-order valence-electron chi connectivity index (χ2n) is 7.45. The molecule has 1 aliphatic heterocycles. The number of fused-ring (bicyclic) bond motifs is 1. The first-order chi connectivity index (χ1) is 14.8. The van der Waals surface area contributed by atoms with E-state index in [4.69, 9.17) is 4.98 Å². The van der Waals surface area contributed by atoms with E-state index in [1.807, 2.05) is 59.5 Å². The maximum absolute atomic E-state index is 12.9. The third kappa shape index (κ3) is 3.97. The van der Waals surface area contributed by atoms with Gasteiger partial charge in [0.2, 0.25) is 0 Å². The van der Waals surface area contributed by atoms with Gasteiger partial charge in [0.15, 0.2) is 0 Å². The molecule has 0 saturated carbocycles. The Hall–Kier alpha value is -3.09. The molecule has 2 aromatic carbocycles. The zero-order valence-electron chi connectivity index (χ0n) is 16.6. The number of rotatable bonds is 4. The first-order valence-electron chi connectivity index (χ1n) is 10.1. The highest BCUT2D eigenvalue weighted by molar-refractivity contribution is 7.09. The lowest BCUT2D eigenvalue weighted by molar-refractivity contribution is 0.0623. The Labute approximate surface area is 179 Å². The van der Waals surface area contributed by atoms with Gasteiger partial charge in [-0.05, 0) is 12.1 Å². The average molecular weight is 415 g/mol. The smallest absolute Gasteiger partial charge is 0.272 e. The number of pyridine rings is 1. The van der Waals surface area contributed by atoms with Crippen LogP contribution in [0.15, 0.2) is 72.1 Å². The van der Waals surface area contributed by atoms with Crippen LogP contribution in [0, 0.1) is 0 Å². The van der Waals surface area contributed by atoms with Gasteiger partial charge in [-0.3, -0.25) is 9.69 Å². The lowest BCUT2D eigenvalue weighted by Gasteiger charge is -2.34. The van der Waals surface area contributed by atoms with Crippen LogP contribution in [-0.2, 0) is 6.54 Å². The van der Waals surface area contributed by atoms with Crippen LogP contribution in [0.25, 0.3) is 22.2 Å². The molecule has 5 nitrogen and oxygen atoms in total. The van der Waals surface area contributed by atoms with Gasteiger partial charge in [-0.15, -0.1) is 11.3 Å². The Kier molecular flexibility index (Phi) is 5.26. The van der Waals surface area contributed by atoms with Gasteiger partial charge in [-0.2, -0.15) is 0 Å². The third-order valence-electron chi connectivity index (χ3n) is 5.46. The normalized spacial score (nSPS) is 14.9. The molecule has 1 amide bonds. The summed E-state index contributed by atoms with van der Waals surface area (Å²) in [5.41, 5.74) is 3.57. The first-order valence-corrected chi connectivity index (χ1v) is 11.0. The number of hydrogen-bond acceptors (Lipinski definition) is 5. The van der Waals surface area contributed by atoms with E-state index in [0.29, 0.717) is 18.8 Å². The van der Waals surface area contributed by atoms with Crippen molar-refractivity contribution in [2.75, 3.05) is 26.2 Å². The number of nitrogens with zero attached hydrogens (tertiary/aromatic N) is 4. The van der Waals surface area contributed by atoms with Crippen LogP contribution < -0.4 is 0 Å². The van der Waals surface area contributed by atoms with Crippen molar-refractivity contribution >= 4 is 28.1 Å². The highest BCUT2D eigenvalue weighted by atomic mass is 32.1.